The van der Waals surface area contributed by atoms with Crippen molar-refractivity contribution >= 4 is 32.9 Å². The molecule has 0 aliphatic carbocycles. The monoisotopic (exact) mass is 233 g/mol. The molecule has 1 heterocycles. The SMILES string of the molecule is O=S(=O)([O-])c1ccc(F)c2nsnc12. The molecule has 1 aromatic heterocycles. The molecule has 14 heavy (non-hydrogen) atoms. The molecule has 1 aromatic carbocycles. The number of aromatic nitrogens is 2. The number of hydrogen-bond donors (Lipinski definition) is 0. The van der Waals surface area contributed by atoms with Crippen LogP contribution in [-0.4, -0.2) is 21.7 Å². The van der Waals surface area contributed by atoms with Crippen molar-refractivity contribution in [2.24, 2.45) is 0 Å². The molecule has 0 N–H and O–H groups in total. The molecule has 0 unspecified atom stereocenters. The van der Waals surface area contributed by atoms with E-state index in [2.05, 4.69) is 8.75 Å². The third kappa shape index (κ3) is 1.37. The molecular weight excluding hydrogens is 231 g/mol. The lowest BCUT2D eigenvalue weighted by atomic mass is 10.3. The van der Waals surface area contributed by atoms with E-state index in [0.717, 1.165) is 12.1 Å². The Morgan fingerprint density at radius 2 is 1.93 bits per heavy atom. The highest BCUT2D eigenvalue weighted by Gasteiger charge is 2.13. The van der Waals surface area contributed by atoms with Gasteiger partial charge >= 0.3 is 0 Å². The van der Waals surface area contributed by atoms with Crippen molar-refractivity contribution in [3.63, 3.8) is 0 Å². The summed E-state index contributed by atoms with van der Waals surface area (Å²) in [6, 6.07) is 1.77. The highest BCUT2D eigenvalue weighted by Crippen LogP contribution is 2.23. The van der Waals surface area contributed by atoms with Crippen LogP contribution >= 0.6 is 11.7 Å². The van der Waals surface area contributed by atoms with E-state index in [1.165, 1.54) is 0 Å². The van der Waals surface area contributed by atoms with Gasteiger partial charge in [-0.25, -0.2) is 12.8 Å². The smallest absolute Gasteiger partial charge is 0.152 e. The largest absolute Gasteiger partial charge is 0.744 e. The summed E-state index contributed by atoms with van der Waals surface area (Å²) in [7, 11) is -4.63. The zero-order valence-corrected chi connectivity index (χ0v) is 8.10. The van der Waals surface area contributed by atoms with Gasteiger partial charge in [-0.05, 0) is 12.1 Å². The zero-order chi connectivity index (χ0) is 10.3. The number of benzene rings is 1. The molecule has 0 radical (unpaired) electrons. The second-order valence-electron chi connectivity index (χ2n) is 2.46. The summed E-state index contributed by atoms with van der Waals surface area (Å²) in [5, 5.41) is 0. The van der Waals surface area contributed by atoms with Crippen molar-refractivity contribution in [1.29, 1.82) is 0 Å². The van der Waals surface area contributed by atoms with Gasteiger partial charge in [0.25, 0.3) is 0 Å². The Morgan fingerprint density at radius 3 is 2.57 bits per heavy atom. The van der Waals surface area contributed by atoms with Gasteiger partial charge in [-0.3, -0.25) is 0 Å². The number of fused-ring (bicyclic) bond motifs is 1. The van der Waals surface area contributed by atoms with Crippen LogP contribution in [0.15, 0.2) is 17.0 Å². The second kappa shape index (κ2) is 2.94. The maximum atomic E-state index is 13.0. The molecule has 0 atom stereocenters. The lowest BCUT2D eigenvalue weighted by molar-refractivity contribution is 0.464. The van der Waals surface area contributed by atoms with Gasteiger partial charge in [0.1, 0.15) is 21.2 Å². The molecule has 5 nitrogen and oxygen atoms in total. The third-order valence-corrected chi connectivity index (χ3v) is 3.00. The average molecular weight is 233 g/mol. The molecule has 0 aliphatic heterocycles. The van der Waals surface area contributed by atoms with Crippen molar-refractivity contribution < 1.29 is 17.4 Å². The minimum Gasteiger partial charge on any atom is -0.744 e. The van der Waals surface area contributed by atoms with E-state index in [1.54, 1.807) is 0 Å². The number of halogens is 1. The molecule has 0 saturated heterocycles. The summed E-state index contributed by atoms with van der Waals surface area (Å²) < 4.78 is 52.2. The van der Waals surface area contributed by atoms with Crippen molar-refractivity contribution in [2.75, 3.05) is 0 Å². The zero-order valence-electron chi connectivity index (χ0n) is 6.47. The van der Waals surface area contributed by atoms with Crippen molar-refractivity contribution in [3.8, 4) is 0 Å². The Morgan fingerprint density at radius 1 is 1.29 bits per heavy atom. The average Bonchev–Trinajstić information content (AvgIpc) is 2.50. The molecule has 2 aromatic rings. The fourth-order valence-electron chi connectivity index (χ4n) is 1.02. The van der Waals surface area contributed by atoms with Crippen molar-refractivity contribution in [1.82, 2.24) is 8.75 Å². The molecule has 0 amide bonds. The summed E-state index contributed by atoms with van der Waals surface area (Å²) in [6.45, 7) is 0. The first-order valence-electron chi connectivity index (χ1n) is 3.37. The summed E-state index contributed by atoms with van der Waals surface area (Å²) >= 11 is 0.654. The van der Waals surface area contributed by atoms with Crippen molar-refractivity contribution in [3.05, 3.63) is 17.9 Å². The first-order chi connectivity index (χ1) is 6.50. The normalized spacial score (nSPS) is 12.1. The maximum absolute atomic E-state index is 13.0. The van der Waals surface area contributed by atoms with Gasteiger partial charge in [0.2, 0.25) is 0 Å². The van der Waals surface area contributed by atoms with Crippen LogP contribution in [0.25, 0.3) is 11.0 Å². The molecule has 0 fully saturated rings. The van der Waals surface area contributed by atoms with Crippen LogP contribution in [0, 0.1) is 5.82 Å². The van der Waals surface area contributed by atoms with Gasteiger partial charge in [-0.15, -0.1) is 0 Å². The lowest BCUT2D eigenvalue weighted by Crippen LogP contribution is -2.00. The Labute approximate surface area is 82.3 Å². The minimum atomic E-state index is -4.63. The second-order valence-corrected chi connectivity index (χ2v) is 4.34. The molecular formula is C6H2FN2O3S2-. The predicted molar refractivity (Wildman–Crippen MR) is 45.3 cm³/mol. The van der Waals surface area contributed by atoms with Crippen LogP contribution in [0.5, 0.6) is 0 Å². The van der Waals surface area contributed by atoms with Crippen LogP contribution in [-0.2, 0) is 10.1 Å². The van der Waals surface area contributed by atoms with Gasteiger partial charge in [0.15, 0.2) is 5.82 Å². The highest BCUT2D eigenvalue weighted by atomic mass is 32.2. The Kier molecular flexibility index (Phi) is 1.98. The summed E-state index contributed by atoms with van der Waals surface area (Å²) in [4.78, 5) is -0.539. The molecule has 0 bridgehead atoms. The van der Waals surface area contributed by atoms with E-state index in [1.807, 2.05) is 0 Å². The Balaban J connectivity index is 2.93. The van der Waals surface area contributed by atoms with Crippen LogP contribution in [0.3, 0.4) is 0 Å². The molecule has 0 saturated carbocycles. The summed E-state index contributed by atoms with van der Waals surface area (Å²) in [5.74, 6) is -0.693. The predicted octanol–water partition coefficient (Wildman–Crippen LogP) is 0.735. The minimum absolute atomic E-state index is 0.188. The fourth-order valence-corrected chi connectivity index (χ4v) is 2.25. The first kappa shape index (κ1) is 9.44. The lowest BCUT2D eigenvalue weighted by Gasteiger charge is -2.06. The van der Waals surface area contributed by atoms with Crippen LogP contribution < -0.4 is 0 Å². The molecule has 2 rings (SSSR count). The van der Waals surface area contributed by atoms with E-state index < -0.39 is 20.8 Å². The van der Waals surface area contributed by atoms with Crippen LogP contribution in [0.1, 0.15) is 0 Å². The highest BCUT2D eigenvalue weighted by molar-refractivity contribution is 7.86. The summed E-state index contributed by atoms with van der Waals surface area (Å²) in [5.41, 5.74) is -0.392. The maximum Gasteiger partial charge on any atom is 0.152 e. The van der Waals surface area contributed by atoms with Crippen LogP contribution in [0.2, 0.25) is 0 Å². The van der Waals surface area contributed by atoms with Gasteiger partial charge in [0.05, 0.1) is 16.6 Å². The van der Waals surface area contributed by atoms with Gasteiger partial charge in [0, 0.05) is 0 Å². The molecule has 0 aliphatic rings. The number of rotatable bonds is 1. The standard InChI is InChI=1S/C6H3FN2O3S2/c7-3-1-2-4(14(10,11)12)6-5(3)8-13-9-6/h1-2H,(H,10,11,12)/p-1. The fraction of sp³-hybridized carbons (Fsp3) is 0. The Bertz CT molecular complexity index is 592. The van der Waals surface area contributed by atoms with E-state index in [9.17, 15) is 17.4 Å². The van der Waals surface area contributed by atoms with Gasteiger partial charge in [-0.2, -0.15) is 8.75 Å². The molecule has 74 valence electrons. The van der Waals surface area contributed by atoms with E-state index in [0.29, 0.717) is 11.7 Å². The molecule has 8 heteroatoms. The summed E-state index contributed by atoms with van der Waals surface area (Å²) in [6.07, 6.45) is 0. The van der Waals surface area contributed by atoms with Gasteiger partial charge in [-0.1, -0.05) is 0 Å². The van der Waals surface area contributed by atoms with E-state index in [4.69, 9.17) is 0 Å². The van der Waals surface area contributed by atoms with Gasteiger partial charge < -0.3 is 4.55 Å². The first-order valence-corrected chi connectivity index (χ1v) is 5.50. The van der Waals surface area contributed by atoms with E-state index in [-0.39, 0.29) is 11.0 Å². The van der Waals surface area contributed by atoms with Crippen LogP contribution in [0.4, 0.5) is 4.39 Å². The molecule has 0 spiro atoms. The third-order valence-electron chi connectivity index (χ3n) is 1.60. The number of nitrogens with zero attached hydrogens (tertiary/aromatic N) is 2. The number of hydrogen-bond acceptors (Lipinski definition) is 6. The van der Waals surface area contributed by atoms with E-state index >= 15 is 0 Å². The Hall–Kier alpha value is -1.12. The topological polar surface area (TPSA) is 83.0 Å². The van der Waals surface area contributed by atoms with Crippen molar-refractivity contribution in [2.45, 2.75) is 4.90 Å². The quantitative estimate of drug-likeness (QED) is 0.678.